The molecular weight excluding hydrogens is 438 g/mol. The van der Waals surface area contributed by atoms with Gasteiger partial charge < -0.3 is 19.5 Å². The van der Waals surface area contributed by atoms with E-state index in [0.717, 1.165) is 21.9 Å². The van der Waals surface area contributed by atoms with Gasteiger partial charge >= 0.3 is 0 Å². The standard InChI is InChI=1S/C25H23N3O4S/c1-3-31-20-9-6-18(7-10-20)25-28-21(16-33-25)24(29)27-19-8-11-22(30-2)23(13-19)32-15-17-5-4-12-26-14-17/h4-14,16H,3,15H2,1-2H3,(H,27,29). The summed E-state index contributed by atoms with van der Waals surface area (Å²) in [7, 11) is 1.57. The number of thiazole rings is 1. The molecule has 33 heavy (non-hydrogen) atoms. The second-order valence-electron chi connectivity index (χ2n) is 6.96. The van der Waals surface area contributed by atoms with E-state index in [-0.39, 0.29) is 5.91 Å². The van der Waals surface area contributed by atoms with Crippen LogP contribution in [0.2, 0.25) is 0 Å². The molecule has 1 amide bonds. The summed E-state index contributed by atoms with van der Waals surface area (Å²) in [4.78, 5) is 21.3. The van der Waals surface area contributed by atoms with Crippen molar-refractivity contribution < 1.29 is 19.0 Å². The summed E-state index contributed by atoms with van der Waals surface area (Å²) in [6.07, 6.45) is 3.45. The lowest BCUT2D eigenvalue weighted by molar-refractivity contribution is 0.102. The average Bonchev–Trinajstić information content (AvgIpc) is 3.35. The maximum Gasteiger partial charge on any atom is 0.275 e. The Kier molecular flexibility index (Phi) is 7.16. The van der Waals surface area contributed by atoms with Gasteiger partial charge in [0.25, 0.3) is 5.91 Å². The first-order valence-electron chi connectivity index (χ1n) is 10.4. The molecule has 0 aliphatic heterocycles. The number of nitrogens with zero attached hydrogens (tertiary/aromatic N) is 2. The van der Waals surface area contributed by atoms with Crippen molar-refractivity contribution in [2.24, 2.45) is 0 Å². The van der Waals surface area contributed by atoms with Gasteiger partial charge in [0.1, 0.15) is 23.1 Å². The van der Waals surface area contributed by atoms with Gasteiger partial charge in [-0.05, 0) is 49.4 Å². The summed E-state index contributed by atoms with van der Waals surface area (Å²) < 4.78 is 16.7. The number of carbonyl (C=O) groups excluding carboxylic acids is 1. The van der Waals surface area contributed by atoms with E-state index < -0.39 is 0 Å². The Morgan fingerprint density at radius 1 is 1.06 bits per heavy atom. The van der Waals surface area contributed by atoms with Gasteiger partial charge in [-0.1, -0.05) is 6.07 Å². The van der Waals surface area contributed by atoms with Gasteiger partial charge in [-0.2, -0.15) is 0 Å². The minimum absolute atomic E-state index is 0.299. The number of anilines is 1. The molecule has 0 radical (unpaired) electrons. The number of amides is 1. The molecule has 8 heteroatoms. The molecule has 2 aromatic heterocycles. The zero-order valence-electron chi connectivity index (χ0n) is 18.3. The molecule has 0 fully saturated rings. The molecule has 0 aliphatic carbocycles. The summed E-state index contributed by atoms with van der Waals surface area (Å²) in [6.45, 7) is 2.89. The van der Waals surface area contributed by atoms with E-state index in [9.17, 15) is 4.79 Å². The molecule has 0 unspecified atom stereocenters. The van der Waals surface area contributed by atoms with Crippen LogP contribution in [0, 0.1) is 0 Å². The SMILES string of the molecule is CCOc1ccc(-c2nc(C(=O)Nc3ccc(OC)c(OCc4cccnc4)c3)cs2)cc1. The molecule has 0 saturated carbocycles. The van der Waals surface area contributed by atoms with Crippen molar-refractivity contribution in [3.8, 4) is 27.8 Å². The lowest BCUT2D eigenvalue weighted by Crippen LogP contribution is -2.12. The number of rotatable bonds is 9. The highest BCUT2D eigenvalue weighted by Gasteiger charge is 2.14. The first-order chi connectivity index (χ1) is 16.2. The molecule has 2 heterocycles. The normalized spacial score (nSPS) is 10.5. The van der Waals surface area contributed by atoms with Crippen molar-refractivity contribution in [1.82, 2.24) is 9.97 Å². The van der Waals surface area contributed by atoms with Gasteiger partial charge in [0.2, 0.25) is 0 Å². The summed E-state index contributed by atoms with van der Waals surface area (Å²) >= 11 is 1.41. The quantitative estimate of drug-likeness (QED) is 0.357. The second kappa shape index (κ2) is 10.6. The van der Waals surface area contributed by atoms with Gasteiger partial charge in [-0.15, -0.1) is 11.3 Å². The number of methoxy groups -OCH3 is 1. The van der Waals surface area contributed by atoms with Crippen molar-refractivity contribution in [1.29, 1.82) is 0 Å². The van der Waals surface area contributed by atoms with Gasteiger partial charge in [-0.25, -0.2) is 4.98 Å². The van der Waals surface area contributed by atoms with E-state index in [2.05, 4.69) is 15.3 Å². The topological polar surface area (TPSA) is 82.6 Å². The highest BCUT2D eigenvalue weighted by Crippen LogP contribution is 2.31. The third kappa shape index (κ3) is 5.67. The molecule has 0 aliphatic rings. The lowest BCUT2D eigenvalue weighted by atomic mass is 10.2. The molecule has 0 saturated heterocycles. The van der Waals surface area contributed by atoms with Crippen molar-refractivity contribution in [2.45, 2.75) is 13.5 Å². The van der Waals surface area contributed by atoms with Crippen LogP contribution in [0.1, 0.15) is 23.0 Å². The second-order valence-corrected chi connectivity index (χ2v) is 7.82. The van der Waals surface area contributed by atoms with Crippen molar-refractivity contribution in [3.05, 3.63) is 83.6 Å². The number of benzene rings is 2. The van der Waals surface area contributed by atoms with E-state index in [4.69, 9.17) is 14.2 Å². The number of pyridine rings is 1. The molecule has 1 N–H and O–H groups in total. The monoisotopic (exact) mass is 461 g/mol. The predicted molar refractivity (Wildman–Crippen MR) is 128 cm³/mol. The third-order valence-corrected chi connectivity index (χ3v) is 5.58. The van der Waals surface area contributed by atoms with E-state index in [1.165, 1.54) is 11.3 Å². The van der Waals surface area contributed by atoms with E-state index in [0.29, 0.717) is 36.1 Å². The highest BCUT2D eigenvalue weighted by atomic mass is 32.1. The fraction of sp³-hybridized carbons (Fsp3) is 0.160. The molecular formula is C25H23N3O4S. The fourth-order valence-electron chi connectivity index (χ4n) is 3.08. The van der Waals surface area contributed by atoms with Crippen LogP contribution >= 0.6 is 11.3 Å². The van der Waals surface area contributed by atoms with Crippen LogP contribution in [-0.4, -0.2) is 29.6 Å². The Balaban J connectivity index is 1.44. The Morgan fingerprint density at radius 3 is 2.64 bits per heavy atom. The first-order valence-corrected chi connectivity index (χ1v) is 11.2. The number of ether oxygens (including phenoxy) is 3. The number of hydrogen-bond acceptors (Lipinski definition) is 7. The zero-order chi connectivity index (χ0) is 23.0. The first kappa shape index (κ1) is 22.3. The number of carbonyl (C=O) groups is 1. The molecule has 168 valence electrons. The van der Waals surface area contributed by atoms with Crippen LogP contribution in [0.5, 0.6) is 17.2 Å². The molecule has 4 rings (SSSR count). The molecule has 0 atom stereocenters. The Morgan fingerprint density at radius 2 is 1.91 bits per heavy atom. The predicted octanol–water partition coefficient (Wildman–Crippen LogP) is 5.44. The molecule has 0 bridgehead atoms. The van der Waals surface area contributed by atoms with Crippen LogP contribution in [-0.2, 0) is 6.61 Å². The number of aromatic nitrogens is 2. The van der Waals surface area contributed by atoms with E-state index >= 15 is 0 Å². The average molecular weight is 462 g/mol. The van der Waals surface area contributed by atoms with Crippen LogP contribution in [0.25, 0.3) is 10.6 Å². The minimum Gasteiger partial charge on any atom is -0.494 e. The van der Waals surface area contributed by atoms with E-state index in [1.807, 2.05) is 43.3 Å². The number of hydrogen-bond donors (Lipinski definition) is 1. The zero-order valence-corrected chi connectivity index (χ0v) is 19.1. The molecule has 4 aromatic rings. The van der Waals surface area contributed by atoms with Gasteiger partial charge in [0, 0.05) is 40.7 Å². The number of nitrogens with one attached hydrogen (secondary N) is 1. The van der Waals surface area contributed by atoms with Gasteiger partial charge in [-0.3, -0.25) is 9.78 Å². The van der Waals surface area contributed by atoms with Gasteiger partial charge in [0.15, 0.2) is 11.5 Å². The lowest BCUT2D eigenvalue weighted by Gasteiger charge is -2.12. The van der Waals surface area contributed by atoms with Crippen molar-refractivity contribution in [3.63, 3.8) is 0 Å². The Labute approximate surface area is 196 Å². The maximum atomic E-state index is 12.8. The largest absolute Gasteiger partial charge is 0.494 e. The maximum absolute atomic E-state index is 12.8. The van der Waals surface area contributed by atoms with Gasteiger partial charge in [0.05, 0.1) is 13.7 Å². The highest BCUT2D eigenvalue weighted by molar-refractivity contribution is 7.13. The minimum atomic E-state index is -0.299. The van der Waals surface area contributed by atoms with E-state index in [1.54, 1.807) is 43.1 Å². The fourth-order valence-corrected chi connectivity index (χ4v) is 3.88. The molecule has 2 aromatic carbocycles. The summed E-state index contributed by atoms with van der Waals surface area (Å²) in [5.41, 5.74) is 2.78. The summed E-state index contributed by atoms with van der Waals surface area (Å²) in [6, 6.07) is 16.7. The van der Waals surface area contributed by atoms with Crippen LogP contribution < -0.4 is 19.5 Å². The summed E-state index contributed by atoms with van der Waals surface area (Å²) in [5, 5.41) is 5.38. The Hall–Kier alpha value is -3.91. The van der Waals surface area contributed by atoms with Crippen LogP contribution in [0.3, 0.4) is 0 Å². The van der Waals surface area contributed by atoms with Crippen LogP contribution in [0.4, 0.5) is 5.69 Å². The Bertz CT molecular complexity index is 1210. The molecule has 7 nitrogen and oxygen atoms in total. The smallest absolute Gasteiger partial charge is 0.275 e. The van der Waals surface area contributed by atoms with Crippen molar-refractivity contribution in [2.75, 3.05) is 19.0 Å². The molecule has 0 spiro atoms. The van der Waals surface area contributed by atoms with Crippen LogP contribution in [0.15, 0.2) is 72.4 Å². The third-order valence-electron chi connectivity index (χ3n) is 4.69. The van der Waals surface area contributed by atoms with Crippen molar-refractivity contribution >= 4 is 22.9 Å². The summed E-state index contributed by atoms with van der Waals surface area (Å²) in [5.74, 6) is 1.60.